The van der Waals surface area contributed by atoms with Gasteiger partial charge in [0.2, 0.25) is 0 Å². The summed E-state index contributed by atoms with van der Waals surface area (Å²) in [7, 11) is 0. The molecule has 0 fully saturated rings. The Morgan fingerprint density at radius 3 is 2.78 bits per heavy atom. The van der Waals surface area contributed by atoms with Gasteiger partial charge in [-0.1, -0.05) is 42.1 Å². The Balaban J connectivity index is 1.88. The van der Waals surface area contributed by atoms with Gasteiger partial charge in [-0.2, -0.15) is 0 Å². The lowest BCUT2D eigenvalue weighted by molar-refractivity contribution is -0.136. The third-order valence-electron chi connectivity index (χ3n) is 3.21. The van der Waals surface area contributed by atoms with E-state index in [9.17, 15) is 4.79 Å². The first kappa shape index (κ1) is 15.3. The summed E-state index contributed by atoms with van der Waals surface area (Å²) in [5, 5.41) is 9.16. The lowest BCUT2D eigenvalue weighted by Crippen LogP contribution is -2.03. The maximum Gasteiger partial charge on any atom is 0.304 e. The molecule has 0 amide bonds. The number of carboxylic acid groups (broad SMARTS) is 1. The fourth-order valence-electron chi connectivity index (χ4n) is 2.14. The number of imidazole rings is 1. The molecule has 118 valence electrons. The monoisotopic (exact) mass is 329 g/mol. The number of thioether (sulfide) groups is 1. The minimum Gasteiger partial charge on any atom is -0.481 e. The predicted molar refractivity (Wildman–Crippen MR) is 88.3 cm³/mol. The zero-order valence-corrected chi connectivity index (χ0v) is 13.0. The van der Waals surface area contributed by atoms with Gasteiger partial charge >= 0.3 is 5.97 Å². The average Bonchev–Trinajstić information content (AvgIpc) is 2.92. The van der Waals surface area contributed by atoms with Crippen molar-refractivity contribution in [2.45, 2.75) is 18.1 Å². The molecule has 2 heterocycles. The Bertz CT molecular complexity index is 835. The lowest BCUT2D eigenvalue weighted by Gasteiger charge is -2.05. The molecule has 3 rings (SSSR count). The molecule has 0 bridgehead atoms. The number of nitrogen functional groups attached to an aromatic ring is 1. The van der Waals surface area contributed by atoms with E-state index in [4.69, 9.17) is 10.8 Å². The highest BCUT2D eigenvalue weighted by Gasteiger charge is 2.12. The number of fused-ring (bicyclic) bond motifs is 1. The van der Waals surface area contributed by atoms with Crippen LogP contribution in [0.3, 0.4) is 0 Å². The minimum absolute atomic E-state index is 0.0508. The summed E-state index contributed by atoms with van der Waals surface area (Å²) in [6.07, 6.45) is 1.74. The molecule has 8 heteroatoms. The first-order valence-electron chi connectivity index (χ1n) is 7.00. The highest BCUT2D eigenvalue weighted by atomic mass is 32.2. The molecule has 0 saturated heterocycles. The highest BCUT2D eigenvalue weighted by Crippen LogP contribution is 2.22. The number of nitrogens with two attached hydrogens (primary N) is 1. The second kappa shape index (κ2) is 6.66. The molecular weight excluding hydrogens is 314 g/mol. The van der Waals surface area contributed by atoms with Crippen LogP contribution in [0.15, 0.2) is 41.8 Å². The molecule has 1 aromatic carbocycles. The van der Waals surface area contributed by atoms with E-state index in [-0.39, 0.29) is 6.42 Å². The maximum absolute atomic E-state index is 10.6. The van der Waals surface area contributed by atoms with E-state index in [0.29, 0.717) is 34.4 Å². The van der Waals surface area contributed by atoms with Crippen LogP contribution in [0, 0.1) is 0 Å². The highest BCUT2D eigenvalue weighted by molar-refractivity contribution is 7.99. The van der Waals surface area contributed by atoms with Gasteiger partial charge in [-0.25, -0.2) is 15.0 Å². The largest absolute Gasteiger partial charge is 0.481 e. The van der Waals surface area contributed by atoms with Crippen LogP contribution in [0.2, 0.25) is 0 Å². The fraction of sp³-hybridized carbons (Fsp3) is 0.200. The summed E-state index contributed by atoms with van der Waals surface area (Å²) in [6.45, 7) is 0.632. The normalized spacial score (nSPS) is 11.0. The van der Waals surface area contributed by atoms with E-state index >= 15 is 0 Å². The summed E-state index contributed by atoms with van der Waals surface area (Å²) in [5.74, 6) is -0.145. The molecule has 3 N–H and O–H groups in total. The van der Waals surface area contributed by atoms with E-state index in [1.54, 1.807) is 6.33 Å². The van der Waals surface area contributed by atoms with Gasteiger partial charge in [0, 0.05) is 5.75 Å². The number of anilines is 1. The van der Waals surface area contributed by atoms with Crippen LogP contribution in [-0.2, 0) is 11.3 Å². The third-order valence-corrected chi connectivity index (χ3v) is 4.06. The van der Waals surface area contributed by atoms with E-state index in [1.807, 2.05) is 34.9 Å². The van der Waals surface area contributed by atoms with E-state index < -0.39 is 5.97 Å². The van der Waals surface area contributed by atoms with Crippen molar-refractivity contribution in [2.24, 2.45) is 0 Å². The molecule has 2 aromatic heterocycles. The second-order valence-corrected chi connectivity index (χ2v) is 5.98. The first-order chi connectivity index (χ1) is 11.1. The van der Waals surface area contributed by atoms with Crippen molar-refractivity contribution >= 4 is 34.7 Å². The number of rotatable bonds is 6. The quantitative estimate of drug-likeness (QED) is 0.526. The van der Waals surface area contributed by atoms with Crippen LogP contribution in [0.25, 0.3) is 11.2 Å². The molecule has 0 atom stereocenters. The molecule has 23 heavy (non-hydrogen) atoms. The summed E-state index contributed by atoms with van der Waals surface area (Å²) < 4.78 is 1.91. The number of benzene rings is 1. The van der Waals surface area contributed by atoms with Crippen LogP contribution in [-0.4, -0.2) is 36.3 Å². The smallest absolute Gasteiger partial charge is 0.304 e. The number of carboxylic acids is 1. The number of aliphatic carboxylic acids is 1. The Hall–Kier alpha value is -2.61. The van der Waals surface area contributed by atoms with Gasteiger partial charge in [0.15, 0.2) is 16.6 Å². The number of hydrogen-bond acceptors (Lipinski definition) is 6. The van der Waals surface area contributed by atoms with Crippen LogP contribution in [0.4, 0.5) is 5.82 Å². The Morgan fingerprint density at radius 2 is 2.04 bits per heavy atom. The van der Waals surface area contributed by atoms with Crippen LogP contribution < -0.4 is 5.73 Å². The van der Waals surface area contributed by atoms with Crippen molar-refractivity contribution in [3.63, 3.8) is 0 Å². The summed E-state index contributed by atoms with van der Waals surface area (Å²) >= 11 is 1.27. The van der Waals surface area contributed by atoms with Crippen molar-refractivity contribution in [1.29, 1.82) is 0 Å². The van der Waals surface area contributed by atoms with E-state index in [0.717, 1.165) is 5.56 Å². The minimum atomic E-state index is -0.847. The SMILES string of the molecule is Nc1nc(SCCC(=O)O)nc2c1ncn2Cc1ccccc1. The molecule has 0 unspecified atom stereocenters. The van der Waals surface area contributed by atoms with Crippen molar-refractivity contribution < 1.29 is 9.90 Å². The molecule has 0 aliphatic carbocycles. The maximum atomic E-state index is 10.6. The first-order valence-corrected chi connectivity index (χ1v) is 7.99. The fourth-order valence-corrected chi connectivity index (χ4v) is 2.91. The molecule has 0 radical (unpaired) electrons. The Labute approximate surface area is 136 Å². The van der Waals surface area contributed by atoms with Crippen molar-refractivity contribution in [3.8, 4) is 0 Å². The third kappa shape index (κ3) is 3.59. The van der Waals surface area contributed by atoms with Gasteiger partial charge in [0.1, 0.15) is 5.52 Å². The van der Waals surface area contributed by atoms with Gasteiger partial charge in [-0.3, -0.25) is 4.79 Å². The Morgan fingerprint density at radius 1 is 1.26 bits per heavy atom. The van der Waals surface area contributed by atoms with E-state index in [1.165, 1.54) is 11.8 Å². The molecule has 0 saturated carbocycles. The number of carbonyl (C=O) groups is 1. The summed E-state index contributed by atoms with van der Waals surface area (Å²) in [4.78, 5) is 23.5. The average molecular weight is 329 g/mol. The Kier molecular flexibility index (Phi) is 4.42. The molecule has 7 nitrogen and oxygen atoms in total. The van der Waals surface area contributed by atoms with Crippen LogP contribution in [0.1, 0.15) is 12.0 Å². The number of aromatic nitrogens is 4. The van der Waals surface area contributed by atoms with Gasteiger partial charge < -0.3 is 15.4 Å². The molecule has 3 aromatic rings. The zero-order valence-electron chi connectivity index (χ0n) is 12.2. The zero-order chi connectivity index (χ0) is 16.2. The number of hydrogen-bond donors (Lipinski definition) is 2. The molecule has 0 aliphatic heterocycles. The van der Waals surface area contributed by atoms with Gasteiger partial charge in [-0.15, -0.1) is 0 Å². The van der Waals surface area contributed by atoms with Crippen molar-refractivity contribution in [1.82, 2.24) is 19.5 Å². The van der Waals surface area contributed by atoms with Gasteiger partial charge in [0.25, 0.3) is 0 Å². The summed E-state index contributed by atoms with van der Waals surface area (Å²) in [6, 6.07) is 9.97. The van der Waals surface area contributed by atoms with Crippen molar-refractivity contribution in [2.75, 3.05) is 11.5 Å². The van der Waals surface area contributed by atoms with Gasteiger partial charge in [-0.05, 0) is 5.56 Å². The second-order valence-electron chi connectivity index (χ2n) is 4.91. The molecule has 0 aliphatic rings. The lowest BCUT2D eigenvalue weighted by atomic mass is 10.2. The molecular formula is C15H15N5O2S. The standard InChI is InChI=1S/C15H15N5O2S/c16-13-12-14(19-15(18-13)23-7-6-11(21)22)20(9-17-12)8-10-4-2-1-3-5-10/h1-5,9H,6-8H2,(H,21,22)(H2,16,18,19). The molecule has 0 spiro atoms. The summed E-state index contributed by atoms with van der Waals surface area (Å²) in [5.41, 5.74) is 8.28. The van der Waals surface area contributed by atoms with Crippen molar-refractivity contribution in [3.05, 3.63) is 42.2 Å². The number of nitrogens with zero attached hydrogens (tertiary/aromatic N) is 4. The topological polar surface area (TPSA) is 107 Å². The van der Waals surface area contributed by atoms with Crippen LogP contribution in [0.5, 0.6) is 0 Å². The van der Waals surface area contributed by atoms with Gasteiger partial charge in [0.05, 0.1) is 19.3 Å². The van der Waals surface area contributed by atoms with Crippen LogP contribution >= 0.6 is 11.8 Å². The van der Waals surface area contributed by atoms with E-state index in [2.05, 4.69) is 15.0 Å². The predicted octanol–water partition coefficient (Wildman–Crippen LogP) is 2.02.